The Balaban J connectivity index is 1.28. The lowest BCUT2D eigenvalue weighted by Crippen LogP contribution is -2.39. The number of H-pyrrole nitrogens is 1. The molecular formula is C44H42N6O3. The van der Waals surface area contributed by atoms with Crippen molar-refractivity contribution in [1.82, 2.24) is 30.2 Å². The summed E-state index contributed by atoms with van der Waals surface area (Å²) in [6.07, 6.45) is 0.937. The molecule has 0 amide bonds. The molecule has 7 rings (SSSR count). The number of carbonyl (C=O) groups is 1. The highest BCUT2D eigenvalue weighted by Crippen LogP contribution is 2.43. The van der Waals surface area contributed by atoms with Gasteiger partial charge in [0.2, 0.25) is 0 Å². The number of ether oxygens (including phenoxy) is 1. The van der Waals surface area contributed by atoms with E-state index in [0.29, 0.717) is 30.2 Å². The molecule has 0 aliphatic rings. The highest BCUT2D eigenvalue weighted by atomic mass is 16.5. The first-order valence-corrected chi connectivity index (χ1v) is 17.7. The summed E-state index contributed by atoms with van der Waals surface area (Å²) in [6.45, 7) is 5.48. The zero-order valence-electron chi connectivity index (χ0n) is 30.3. The van der Waals surface area contributed by atoms with Crippen LogP contribution in [0.25, 0.3) is 22.5 Å². The Hall–Kier alpha value is -6.19. The van der Waals surface area contributed by atoms with Crippen LogP contribution in [-0.4, -0.2) is 54.0 Å². The van der Waals surface area contributed by atoms with Crippen molar-refractivity contribution in [1.29, 1.82) is 0 Å². The van der Waals surface area contributed by atoms with E-state index in [1.54, 1.807) is 13.8 Å². The molecule has 0 fully saturated rings. The number of methoxy groups -OCH3 is 1. The largest absolute Gasteiger partial charge is 0.464 e. The number of tetrazole rings is 1. The lowest BCUT2D eigenvalue weighted by Gasteiger charge is -2.36. The van der Waals surface area contributed by atoms with Crippen LogP contribution in [0.3, 0.4) is 0 Å². The van der Waals surface area contributed by atoms with Gasteiger partial charge in [-0.25, -0.2) is 14.5 Å². The van der Waals surface area contributed by atoms with Gasteiger partial charge in [0, 0.05) is 17.9 Å². The van der Waals surface area contributed by atoms with Crippen LogP contribution >= 0.6 is 0 Å². The highest BCUT2D eigenvalue weighted by Gasteiger charge is 2.42. The molecule has 7 aromatic rings. The second kappa shape index (κ2) is 14.8. The number of hydrogen-bond donors (Lipinski definition) is 2. The van der Waals surface area contributed by atoms with Crippen molar-refractivity contribution < 1.29 is 14.6 Å². The standard InChI is InChI=1S/C44H42N6O3/c1-30(29-43(2,3)52)39-40(42(51)53-4)46-38(45-39)28-31-24-26-32(27-25-31)36-22-14-15-23-37(36)41-47-48-49-50(41)44(33-16-8-5-9-17-33,34-18-10-6-11-19-34)35-20-12-7-13-21-35/h5-27,30,52H,28-29H2,1-4H3,(H,45,46). The minimum Gasteiger partial charge on any atom is -0.464 e. The van der Waals surface area contributed by atoms with E-state index in [0.717, 1.165) is 38.9 Å². The zero-order valence-corrected chi connectivity index (χ0v) is 30.3. The molecule has 53 heavy (non-hydrogen) atoms. The molecule has 2 heterocycles. The molecule has 9 heteroatoms. The highest BCUT2D eigenvalue weighted by molar-refractivity contribution is 5.88. The summed E-state index contributed by atoms with van der Waals surface area (Å²) < 4.78 is 6.98. The Labute approximate surface area is 309 Å². The molecule has 0 spiro atoms. The average molecular weight is 703 g/mol. The number of rotatable bonds is 12. The lowest BCUT2D eigenvalue weighted by atomic mass is 9.77. The van der Waals surface area contributed by atoms with Crippen LogP contribution in [0.4, 0.5) is 0 Å². The monoisotopic (exact) mass is 702 g/mol. The van der Waals surface area contributed by atoms with Gasteiger partial charge < -0.3 is 14.8 Å². The Kier molecular flexibility index (Phi) is 9.84. The van der Waals surface area contributed by atoms with E-state index in [-0.39, 0.29) is 11.6 Å². The van der Waals surface area contributed by atoms with Crippen LogP contribution in [-0.2, 0) is 16.7 Å². The number of hydrogen-bond acceptors (Lipinski definition) is 7. The van der Waals surface area contributed by atoms with E-state index < -0.39 is 17.1 Å². The van der Waals surface area contributed by atoms with E-state index in [2.05, 4.69) is 88.0 Å². The third kappa shape index (κ3) is 7.03. The molecule has 0 saturated carbocycles. The third-order valence-corrected chi connectivity index (χ3v) is 9.62. The van der Waals surface area contributed by atoms with Crippen molar-refractivity contribution in [2.75, 3.05) is 7.11 Å². The van der Waals surface area contributed by atoms with Crippen LogP contribution in [0, 0.1) is 0 Å². The first-order chi connectivity index (χ1) is 25.7. The molecule has 266 valence electrons. The van der Waals surface area contributed by atoms with Gasteiger partial charge in [-0.2, -0.15) is 0 Å². The summed E-state index contributed by atoms with van der Waals surface area (Å²) in [6, 6.07) is 47.6. The van der Waals surface area contributed by atoms with Gasteiger partial charge in [-0.05, 0) is 64.1 Å². The maximum atomic E-state index is 12.6. The van der Waals surface area contributed by atoms with Crippen molar-refractivity contribution in [2.24, 2.45) is 0 Å². The molecule has 0 aliphatic carbocycles. The van der Waals surface area contributed by atoms with E-state index >= 15 is 0 Å². The van der Waals surface area contributed by atoms with Crippen molar-refractivity contribution >= 4 is 5.97 Å². The van der Waals surface area contributed by atoms with Crippen LogP contribution in [0.15, 0.2) is 140 Å². The van der Waals surface area contributed by atoms with E-state index in [1.165, 1.54) is 7.11 Å². The smallest absolute Gasteiger partial charge is 0.358 e. The molecular weight excluding hydrogens is 661 g/mol. The second-order valence-corrected chi connectivity index (χ2v) is 14.0. The Morgan fingerprint density at radius 3 is 1.83 bits per heavy atom. The quantitative estimate of drug-likeness (QED) is 0.0973. The van der Waals surface area contributed by atoms with Crippen LogP contribution < -0.4 is 0 Å². The summed E-state index contributed by atoms with van der Waals surface area (Å²) in [5.41, 5.74) is 6.08. The van der Waals surface area contributed by atoms with Gasteiger partial charge in [0.05, 0.1) is 18.4 Å². The summed E-state index contributed by atoms with van der Waals surface area (Å²) in [4.78, 5) is 20.6. The van der Waals surface area contributed by atoms with Crippen LogP contribution in [0.5, 0.6) is 0 Å². The van der Waals surface area contributed by atoms with Crippen LogP contribution in [0.1, 0.15) is 77.4 Å². The molecule has 0 radical (unpaired) electrons. The van der Waals surface area contributed by atoms with Gasteiger partial charge >= 0.3 is 5.97 Å². The number of aromatic amines is 1. The number of nitrogens with one attached hydrogen (secondary N) is 1. The van der Waals surface area contributed by atoms with Crippen LogP contribution in [0.2, 0.25) is 0 Å². The normalized spacial score (nSPS) is 12.4. The Morgan fingerprint density at radius 1 is 0.774 bits per heavy atom. The van der Waals surface area contributed by atoms with Crippen molar-refractivity contribution in [3.05, 3.63) is 179 Å². The fourth-order valence-corrected chi connectivity index (χ4v) is 7.39. The maximum absolute atomic E-state index is 12.6. The van der Waals surface area contributed by atoms with Crippen molar-refractivity contribution in [3.8, 4) is 22.5 Å². The van der Waals surface area contributed by atoms with Gasteiger partial charge in [-0.1, -0.05) is 146 Å². The molecule has 0 aliphatic heterocycles. The minimum absolute atomic E-state index is 0.134. The zero-order chi connectivity index (χ0) is 37.0. The van der Waals surface area contributed by atoms with E-state index in [9.17, 15) is 9.90 Å². The number of aliphatic hydroxyl groups is 1. The first kappa shape index (κ1) is 35.2. The van der Waals surface area contributed by atoms with Gasteiger partial charge in [-0.3, -0.25) is 0 Å². The maximum Gasteiger partial charge on any atom is 0.358 e. The number of imidazole rings is 1. The molecule has 2 aromatic heterocycles. The fraction of sp³-hybridized carbons (Fsp3) is 0.205. The molecule has 5 aromatic carbocycles. The number of nitrogens with zero attached hydrogens (tertiary/aromatic N) is 5. The van der Waals surface area contributed by atoms with Gasteiger partial charge in [0.25, 0.3) is 0 Å². The lowest BCUT2D eigenvalue weighted by molar-refractivity contribution is 0.0573. The molecule has 1 atom stereocenters. The van der Waals surface area contributed by atoms with Gasteiger partial charge in [0.1, 0.15) is 11.4 Å². The average Bonchev–Trinajstić information content (AvgIpc) is 3.84. The summed E-state index contributed by atoms with van der Waals surface area (Å²) >= 11 is 0. The van der Waals surface area contributed by atoms with Crippen molar-refractivity contribution in [3.63, 3.8) is 0 Å². The minimum atomic E-state index is -0.903. The van der Waals surface area contributed by atoms with Gasteiger partial charge in [-0.15, -0.1) is 5.10 Å². The van der Waals surface area contributed by atoms with E-state index in [4.69, 9.17) is 15.0 Å². The van der Waals surface area contributed by atoms with E-state index in [1.807, 2.05) is 78.3 Å². The Bertz CT molecular complexity index is 2200. The van der Waals surface area contributed by atoms with Gasteiger partial charge in [0.15, 0.2) is 11.5 Å². The van der Waals surface area contributed by atoms with Crippen molar-refractivity contribution in [2.45, 2.75) is 50.7 Å². The number of aromatic nitrogens is 6. The Morgan fingerprint density at radius 2 is 1.30 bits per heavy atom. The number of benzene rings is 5. The molecule has 0 bridgehead atoms. The predicted octanol–water partition coefficient (Wildman–Crippen LogP) is 8.21. The molecule has 9 nitrogen and oxygen atoms in total. The predicted molar refractivity (Wildman–Crippen MR) is 205 cm³/mol. The molecule has 2 N–H and O–H groups in total. The fourth-order valence-electron chi connectivity index (χ4n) is 7.39. The number of esters is 1. The second-order valence-electron chi connectivity index (χ2n) is 14.0. The summed E-state index contributed by atoms with van der Waals surface area (Å²) in [5.74, 6) is 0.634. The molecule has 1 unspecified atom stereocenters. The number of carbonyl (C=O) groups excluding carboxylic acids is 1. The third-order valence-electron chi connectivity index (χ3n) is 9.62. The summed E-state index contributed by atoms with van der Waals surface area (Å²) in [7, 11) is 1.35. The topological polar surface area (TPSA) is 119 Å². The molecule has 0 saturated heterocycles. The summed E-state index contributed by atoms with van der Waals surface area (Å²) in [5, 5.41) is 24.2. The first-order valence-electron chi connectivity index (χ1n) is 17.7. The SMILES string of the molecule is COC(=O)c1nc(Cc2ccc(-c3ccccc3-c3nnnn3C(c3ccccc3)(c3ccccc3)c3ccccc3)cc2)[nH]c1C(C)CC(C)(C)O.